The summed E-state index contributed by atoms with van der Waals surface area (Å²) in [6, 6.07) is 1.91. The summed E-state index contributed by atoms with van der Waals surface area (Å²) in [4.78, 5) is 0. The molecule has 0 amide bonds. The van der Waals surface area contributed by atoms with E-state index in [0.29, 0.717) is 0 Å². The molecule has 1 aromatic carbocycles. The average molecular weight is 249 g/mol. The number of rotatable bonds is 0. The molecule has 0 aliphatic heterocycles. The molecule has 62 valence electrons. The first kappa shape index (κ1) is 14.6. The van der Waals surface area contributed by atoms with Crippen LogP contribution in [0.15, 0.2) is 12.1 Å². The zero-order valence-corrected chi connectivity index (χ0v) is 9.08. The SMILES string of the molecule is [Br-].[CH2-]c1ccc(F)c(F)c1F.[Mg+2]. The Hall–Kier alpha value is 0.126. The van der Waals surface area contributed by atoms with Crippen molar-refractivity contribution in [2.24, 2.45) is 0 Å². The molecular formula is C7H4BrF3Mg. The van der Waals surface area contributed by atoms with Crippen LogP contribution in [0.4, 0.5) is 13.2 Å². The van der Waals surface area contributed by atoms with E-state index in [9.17, 15) is 13.2 Å². The van der Waals surface area contributed by atoms with Crippen LogP contribution in [0.2, 0.25) is 0 Å². The van der Waals surface area contributed by atoms with Crippen LogP contribution in [0.25, 0.3) is 0 Å². The zero-order chi connectivity index (χ0) is 7.72. The van der Waals surface area contributed by atoms with Crippen molar-refractivity contribution < 1.29 is 30.2 Å². The summed E-state index contributed by atoms with van der Waals surface area (Å²) in [6.07, 6.45) is 0. The Morgan fingerprint density at radius 2 is 1.50 bits per heavy atom. The maximum absolute atomic E-state index is 12.3. The molecule has 0 saturated heterocycles. The van der Waals surface area contributed by atoms with Gasteiger partial charge in [-0.1, -0.05) is 6.07 Å². The molecule has 0 radical (unpaired) electrons. The van der Waals surface area contributed by atoms with E-state index in [1.165, 1.54) is 0 Å². The molecule has 0 heterocycles. The van der Waals surface area contributed by atoms with Crippen molar-refractivity contribution in [3.05, 3.63) is 42.1 Å². The van der Waals surface area contributed by atoms with E-state index in [4.69, 9.17) is 0 Å². The second-order valence-electron chi connectivity index (χ2n) is 1.83. The van der Waals surface area contributed by atoms with Crippen LogP contribution in [-0.4, -0.2) is 23.1 Å². The molecule has 0 bridgehead atoms. The largest absolute Gasteiger partial charge is 2.00 e. The van der Waals surface area contributed by atoms with Crippen molar-refractivity contribution >= 4 is 23.1 Å². The molecule has 0 aromatic heterocycles. The Bertz CT molecular complexity index is 238. The zero-order valence-electron chi connectivity index (χ0n) is 6.08. The van der Waals surface area contributed by atoms with Gasteiger partial charge in [-0.15, -0.1) is 0 Å². The minimum Gasteiger partial charge on any atom is -1.00 e. The first-order chi connectivity index (χ1) is 4.63. The van der Waals surface area contributed by atoms with Gasteiger partial charge in [-0.2, -0.15) is 18.6 Å². The molecule has 0 aliphatic rings. The molecule has 12 heavy (non-hydrogen) atoms. The van der Waals surface area contributed by atoms with Gasteiger partial charge >= 0.3 is 23.1 Å². The number of benzene rings is 1. The van der Waals surface area contributed by atoms with Crippen molar-refractivity contribution in [3.63, 3.8) is 0 Å². The Balaban J connectivity index is 0. The van der Waals surface area contributed by atoms with Crippen LogP contribution >= 0.6 is 0 Å². The maximum atomic E-state index is 12.3. The van der Waals surface area contributed by atoms with Crippen LogP contribution in [0.1, 0.15) is 5.56 Å². The third kappa shape index (κ3) is 2.88. The van der Waals surface area contributed by atoms with Gasteiger partial charge < -0.3 is 17.0 Å². The minimum atomic E-state index is -1.47. The van der Waals surface area contributed by atoms with E-state index < -0.39 is 17.5 Å². The molecule has 1 rings (SSSR count). The van der Waals surface area contributed by atoms with Crippen LogP contribution in [0.3, 0.4) is 0 Å². The maximum Gasteiger partial charge on any atom is 2.00 e. The van der Waals surface area contributed by atoms with Crippen molar-refractivity contribution in [2.45, 2.75) is 0 Å². The monoisotopic (exact) mass is 248 g/mol. The molecule has 5 heteroatoms. The molecular weight excluding hydrogens is 245 g/mol. The van der Waals surface area contributed by atoms with E-state index in [0.717, 1.165) is 12.1 Å². The Kier molecular flexibility index (Phi) is 6.97. The summed E-state index contributed by atoms with van der Waals surface area (Å²) in [7, 11) is 0. The predicted octanol–water partition coefficient (Wildman–Crippen LogP) is -1.09. The third-order valence-corrected chi connectivity index (χ3v) is 1.12. The van der Waals surface area contributed by atoms with Gasteiger partial charge in [-0.25, -0.2) is 8.78 Å². The summed E-state index contributed by atoms with van der Waals surface area (Å²) in [5.74, 6) is -3.88. The summed E-state index contributed by atoms with van der Waals surface area (Å²) >= 11 is 0. The van der Waals surface area contributed by atoms with E-state index in [1.807, 2.05) is 0 Å². The van der Waals surface area contributed by atoms with Gasteiger partial charge in [0.15, 0.2) is 0 Å². The first-order valence-electron chi connectivity index (χ1n) is 2.58. The summed E-state index contributed by atoms with van der Waals surface area (Å²) in [6.45, 7) is 3.14. The summed E-state index contributed by atoms with van der Waals surface area (Å²) < 4.78 is 36.6. The molecule has 1 aromatic rings. The van der Waals surface area contributed by atoms with Gasteiger partial charge in [0, 0.05) is 0 Å². The van der Waals surface area contributed by atoms with Gasteiger partial charge in [0.05, 0.1) is 5.82 Å². The fourth-order valence-corrected chi connectivity index (χ4v) is 0.566. The Morgan fingerprint density at radius 1 is 1.00 bits per heavy atom. The topological polar surface area (TPSA) is 0 Å². The molecule has 0 saturated carbocycles. The fraction of sp³-hybridized carbons (Fsp3) is 0. The van der Waals surface area contributed by atoms with Gasteiger partial charge in [0.25, 0.3) is 0 Å². The van der Waals surface area contributed by atoms with E-state index >= 15 is 0 Å². The molecule has 0 unspecified atom stereocenters. The van der Waals surface area contributed by atoms with Crippen LogP contribution in [0, 0.1) is 24.4 Å². The van der Waals surface area contributed by atoms with Crippen molar-refractivity contribution in [1.29, 1.82) is 0 Å². The molecule has 0 aliphatic carbocycles. The molecule has 0 spiro atoms. The summed E-state index contributed by atoms with van der Waals surface area (Å²) in [5.41, 5.74) is -0.140. The van der Waals surface area contributed by atoms with Crippen LogP contribution < -0.4 is 17.0 Å². The molecule has 0 N–H and O–H groups in total. The Morgan fingerprint density at radius 3 is 1.92 bits per heavy atom. The van der Waals surface area contributed by atoms with Gasteiger partial charge in [-0.3, -0.25) is 4.39 Å². The van der Waals surface area contributed by atoms with Gasteiger partial charge in [0.2, 0.25) is 0 Å². The first-order valence-corrected chi connectivity index (χ1v) is 2.58. The van der Waals surface area contributed by atoms with Crippen molar-refractivity contribution in [2.75, 3.05) is 0 Å². The van der Waals surface area contributed by atoms with Crippen LogP contribution in [-0.2, 0) is 0 Å². The van der Waals surface area contributed by atoms with Crippen molar-refractivity contribution in [3.8, 4) is 0 Å². The smallest absolute Gasteiger partial charge is 1.00 e. The second kappa shape index (κ2) is 5.72. The van der Waals surface area contributed by atoms with E-state index in [2.05, 4.69) is 6.92 Å². The second-order valence-corrected chi connectivity index (χ2v) is 1.83. The normalized spacial score (nSPS) is 8.25. The minimum absolute atomic E-state index is 0. The van der Waals surface area contributed by atoms with Gasteiger partial charge in [-0.05, 0) is 0 Å². The van der Waals surface area contributed by atoms with E-state index in [1.54, 1.807) is 0 Å². The third-order valence-electron chi connectivity index (χ3n) is 1.12. The summed E-state index contributed by atoms with van der Waals surface area (Å²) in [5, 5.41) is 0. The number of hydrogen-bond donors (Lipinski definition) is 0. The fourth-order valence-electron chi connectivity index (χ4n) is 0.566. The standard InChI is InChI=1S/C7H4F3.BrH.Mg/c1-4-2-3-5(8)7(10)6(4)9;;/h2-3H,1H2;1H;/q-1;;+2/p-1. The molecule has 0 fully saturated rings. The number of hydrogen-bond acceptors (Lipinski definition) is 0. The van der Waals surface area contributed by atoms with E-state index in [-0.39, 0.29) is 45.6 Å². The molecule has 0 nitrogen and oxygen atoms in total. The van der Waals surface area contributed by atoms with Gasteiger partial charge in [0.1, 0.15) is 11.6 Å². The van der Waals surface area contributed by atoms with Crippen LogP contribution in [0.5, 0.6) is 0 Å². The van der Waals surface area contributed by atoms with Crippen molar-refractivity contribution in [1.82, 2.24) is 0 Å². The molecule has 0 atom stereocenters. The quantitative estimate of drug-likeness (QED) is 0.311. The number of halogens is 4. The predicted molar refractivity (Wildman–Crippen MR) is 36.5 cm³/mol. The Labute approximate surface area is 95.1 Å². The average Bonchev–Trinajstić information content (AvgIpc) is 1.93.